The molecule has 3 rings (SSSR count). The maximum atomic E-state index is 12.0. The second-order valence-corrected chi connectivity index (χ2v) is 6.17. The highest BCUT2D eigenvalue weighted by atomic mass is 35.5. The topological polar surface area (TPSA) is 59.4 Å². The number of carboxylic acid groups (broad SMARTS) is 1. The van der Waals surface area contributed by atoms with Crippen molar-refractivity contribution in [2.24, 2.45) is 0 Å². The van der Waals surface area contributed by atoms with Gasteiger partial charge in [-0.2, -0.15) is 0 Å². The van der Waals surface area contributed by atoms with E-state index in [2.05, 4.69) is 4.98 Å². The Balaban J connectivity index is 2.18. The molecular weight excluding hydrogens is 302 g/mol. The van der Waals surface area contributed by atoms with Gasteiger partial charge in [-0.3, -0.25) is 4.79 Å². The lowest BCUT2D eigenvalue weighted by atomic mass is 9.69. The molecule has 116 valence electrons. The number of halogens is 1. The van der Waals surface area contributed by atoms with Crippen LogP contribution in [0.5, 0.6) is 5.88 Å². The fourth-order valence-electron chi connectivity index (χ4n) is 3.39. The van der Waals surface area contributed by atoms with Crippen molar-refractivity contribution in [2.45, 2.75) is 37.5 Å². The number of rotatable bonds is 3. The van der Waals surface area contributed by atoms with Gasteiger partial charge in [0.2, 0.25) is 5.88 Å². The minimum absolute atomic E-state index is 0.497. The normalized spacial score (nSPS) is 17.4. The first kappa shape index (κ1) is 15.1. The number of carboxylic acids is 1. The lowest BCUT2D eigenvalue weighted by Gasteiger charge is -2.34. The maximum Gasteiger partial charge on any atom is 0.314 e. The lowest BCUT2D eigenvalue weighted by molar-refractivity contribution is -0.145. The summed E-state index contributed by atoms with van der Waals surface area (Å²) in [6.07, 6.45) is 4.19. The predicted octanol–water partition coefficient (Wildman–Crippen LogP) is 4.18. The summed E-state index contributed by atoms with van der Waals surface area (Å²) >= 11 is 6.56. The van der Waals surface area contributed by atoms with E-state index in [1.807, 2.05) is 18.2 Å². The molecule has 0 atom stereocenters. The van der Waals surface area contributed by atoms with E-state index >= 15 is 0 Å². The lowest BCUT2D eigenvalue weighted by Crippen LogP contribution is -2.38. The quantitative estimate of drug-likeness (QED) is 0.921. The number of fused-ring (bicyclic) bond motifs is 1. The first-order valence-corrected chi connectivity index (χ1v) is 7.83. The van der Waals surface area contributed by atoms with Crippen LogP contribution in [0, 0.1) is 0 Å². The van der Waals surface area contributed by atoms with E-state index in [1.165, 1.54) is 0 Å². The van der Waals surface area contributed by atoms with Crippen molar-refractivity contribution in [1.29, 1.82) is 0 Å². The third kappa shape index (κ3) is 2.31. The van der Waals surface area contributed by atoms with Crippen molar-refractivity contribution in [3.05, 3.63) is 34.9 Å². The molecule has 4 nitrogen and oxygen atoms in total. The Hall–Kier alpha value is -1.81. The summed E-state index contributed by atoms with van der Waals surface area (Å²) < 4.78 is 5.12. The summed E-state index contributed by atoms with van der Waals surface area (Å²) in [5.41, 5.74) is 0.550. The number of pyridine rings is 1. The smallest absolute Gasteiger partial charge is 0.314 e. The molecule has 1 aliphatic carbocycles. The third-order valence-corrected chi connectivity index (χ3v) is 5.03. The first-order chi connectivity index (χ1) is 10.6. The minimum atomic E-state index is -0.872. The molecule has 0 unspecified atom stereocenters. The highest BCUT2D eigenvalue weighted by molar-refractivity contribution is 6.36. The van der Waals surface area contributed by atoms with Gasteiger partial charge in [-0.05, 0) is 30.5 Å². The molecule has 1 heterocycles. The van der Waals surface area contributed by atoms with Gasteiger partial charge in [0.05, 0.1) is 23.1 Å². The average Bonchev–Trinajstić information content (AvgIpc) is 2.55. The van der Waals surface area contributed by atoms with Gasteiger partial charge >= 0.3 is 5.97 Å². The number of benzene rings is 1. The molecule has 0 saturated heterocycles. The monoisotopic (exact) mass is 319 g/mol. The zero-order chi connectivity index (χ0) is 15.7. The fourth-order valence-corrected chi connectivity index (χ4v) is 3.79. The van der Waals surface area contributed by atoms with Crippen LogP contribution in [-0.2, 0) is 10.2 Å². The van der Waals surface area contributed by atoms with E-state index in [0.717, 1.165) is 24.6 Å². The fraction of sp³-hybridized carbons (Fsp3) is 0.412. The van der Waals surface area contributed by atoms with Crippen LogP contribution in [0.25, 0.3) is 10.9 Å². The van der Waals surface area contributed by atoms with Gasteiger partial charge in [0.1, 0.15) is 0 Å². The van der Waals surface area contributed by atoms with E-state index < -0.39 is 11.4 Å². The molecule has 1 aromatic carbocycles. The Morgan fingerprint density at radius 2 is 1.95 bits per heavy atom. The van der Waals surface area contributed by atoms with Crippen molar-refractivity contribution in [3.63, 3.8) is 0 Å². The van der Waals surface area contributed by atoms with E-state index in [0.29, 0.717) is 34.8 Å². The van der Waals surface area contributed by atoms with Crippen molar-refractivity contribution in [3.8, 4) is 5.88 Å². The summed E-state index contributed by atoms with van der Waals surface area (Å²) in [6, 6.07) is 7.23. The summed E-state index contributed by atoms with van der Waals surface area (Å²) in [6.45, 7) is 0. The zero-order valence-corrected chi connectivity index (χ0v) is 13.2. The molecule has 1 aliphatic rings. The standard InChI is InChI=1S/C17H18ClNO3/c1-22-14-8-5-11-13(19-14)7-6-12(15(11)18)17(16(20)21)9-3-2-4-10-17/h5-8H,2-4,9-10H2,1H3,(H,20,21). The highest BCUT2D eigenvalue weighted by Gasteiger charge is 2.42. The molecule has 1 saturated carbocycles. The van der Waals surface area contributed by atoms with Crippen LogP contribution in [0.4, 0.5) is 0 Å². The average molecular weight is 320 g/mol. The molecule has 0 amide bonds. The van der Waals surface area contributed by atoms with Crippen molar-refractivity contribution < 1.29 is 14.6 Å². The summed E-state index contributed by atoms with van der Waals surface area (Å²) in [7, 11) is 1.56. The SMILES string of the molecule is COc1ccc2c(Cl)c(C3(C(=O)O)CCCCC3)ccc2n1. The molecule has 0 spiro atoms. The van der Waals surface area contributed by atoms with Crippen LogP contribution in [0.2, 0.25) is 5.02 Å². The van der Waals surface area contributed by atoms with Crippen LogP contribution in [0.1, 0.15) is 37.7 Å². The van der Waals surface area contributed by atoms with Gasteiger partial charge < -0.3 is 9.84 Å². The molecule has 0 bridgehead atoms. The van der Waals surface area contributed by atoms with Gasteiger partial charge in [0.15, 0.2) is 0 Å². The van der Waals surface area contributed by atoms with E-state index in [9.17, 15) is 9.90 Å². The number of ether oxygens (including phenoxy) is 1. The summed E-state index contributed by atoms with van der Waals surface area (Å²) in [5.74, 6) is -0.267. The largest absolute Gasteiger partial charge is 0.481 e. The molecule has 2 aromatic rings. The maximum absolute atomic E-state index is 12.0. The second-order valence-electron chi connectivity index (χ2n) is 5.80. The predicted molar refractivity (Wildman–Crippen MR) is 85.7 cm³/mol. The summed E-state index contributed by atoms with van der Waals surface area (Å²) in [4.78, 5) is 16.3. The van der Waals surface area contributed by atoms with Crippen LogP contribution in [-0.4, -0.2) is 23.2 Å². The Bertz CT molecular complexity index is 723. The van der Waals surface area contributed by atoms with Gasteiger partial charge in [0.25, 0.3) is 0 Å². The number of aliphatic carboxylic acids is 1. The third-order valence-electron chi connectivity index (χ3n) is 4.62. The van der Waals surface area contributed by atoms with Crippen LogP contribution >= 0.6 is 11.6 Å². The molecule has 1 fully saturated rings. The number of aromatic nitrogens is 1. The van der Waals surface area contributed by atoms with Crippen molar-refractivity contribution in [2.75, 3.05) is 7.11 Å². The Morgan fingerprint density at radius 3 is 2.59 bits per heavy atom. The van der Waals surface area contributed by atoms with Gasteiger partial charge in [-0.25, -0.2) is 4.98 Å². The number of carbonyl (C=O) groups is 1. The Kier molecular flexibility index (Phi) is 3.96. The number of methoxy groups -OCH3 is 1. The molecule has 1 N–H and O–H groups in total. The van der Waals surface area contributed by atoms with Crippen LogP contribution in [0.3, 0.4) is 0 Å². The second kappa shape index (κ2) is 5.76. The van der Waals surface area contributed by atoms with E-state index in [1.54, 1.807) is 13.2 Å². The molecule has 22 heavy (non-hydrogen) atoms. The number of nitrogens with zero attached hydrogens (tertiary/aromatic N) is 1. The van der Waals surface area contributed by atoms with Crippen molar-refractivity contribution in [1.82, 2.24) is 4.98 Å². The first-order valence-electron chi connectivity index (χ1n) is 7.45. The molecular formula is C17H18ClNO3. The Morgan fingerprint density at radius 1 is 1.23 bits per heavy atom. The van der Waals surface area contributed by atoms with Gasteiger partial charge in [0, 0.05) is 11.5 Å². The number of hydrogen-bond donors (Lipinski definition) is 1. The molecule has 5 heteroatoms. The van der Waals surface area contributed by atoms with Crippen LogP contribution < -0.4 is 4.74 Å². The molecule has 0 radical (unpaired) electrons. The zero-order valence-electron chi connectivity index (χ0n) is 12.4. The van der Waals surface area contributed by atoms with Gasteiger partial charge in [-0.1, -0.05) is 36.9 Å². The molecule has 0 aliphatic heterocycles. The van der Waals surface area contributed by atoms with E-state index in [4.69, 9.17) is 16.3 Å². The molecule has 1 aromatic heterocycles. The van der Waals surface area contributed by atoms with Gasteiger partial charge in [-0.15, -0.1) is 0 Å². The Labute approximate surface area is 134 Å². The minimum Gasteiger partial charge on any atom is -0.481 e. The highest BCUT2D eigenvalue weighted by Crippen LogP contribution is 2.44. The van der Waals surface area contributed by atoms with E-state index in [-0.39, 0.29) is 0 Å². The summed E-state index contributed by atoms with van der Waals surface area (Å²) in [5, 5.41) is 11.1. The van der Waals surface area contributed by atoms with Crippen molar-refractivity contribution >= 4 is 28.5 Å². The number of hydrogen-bond acceptors (Lipinski definition) is 3. The van der Waals surface area contributed by atoms with Crippen LogP contribution in [0.15, 0.2) is 24.3 Å².